The van der Waals surface area contributed by atoms with E-state index < -0.39 is 19.5 Å². The molecule has 1 N–H and O–H groups in total. The first-order chi connectivity index (χ1) is 9.16. The highest BCUT2D eigenvalue weighted by atomic mass is 31.2. The van der Waals surface area contributed by atoms with Gasteiger partial charge in [-0.05, 0) is 39.0 Å². The summed E-state index contributed by atoms with van der Waals surface area (Å²) >= 11 is 0. The van der Waals surface area contributed by atoms with Crippen LogP contribution in [0.1, 0.15) is 26.3 Å². The molecule has 1 atom stereocenters. The number of nitrogens with one attached hydrogen (secondary N) is 1. The zero-order valence-electron chi connectivity index (χ0n) is 11.4. The lowest BCUT2D eigenvalue weighted by atomic mass is 10.2. The van der Waals surface area contributed by atoms with Gasteiger partial charge in [-0.15, -0.1) is 0 Å². The largest absolute Gasteiger partial charge is 0.458 e. The third-order valence-electron chi connectivity index (χ3n) is 2.10. The molecule has 0 fully saturated rings. The number of hydrogen-bond acceptors (Lipinski definition) is 3. The molecule has 114 valence electrons. The zero-order chi connectivity index (χ0) is 15.4. The Balaban J connectivity index is 2.97. The van der Waals surface area contributed by atoms with Gasteiger partial charge in [0.05, 0.1) is 12.2 Å². The lowest BCUT2D eigenvalue weighted by Crippen LogP contribution is -2.23. The van der Waals surface area contributed by atoms with E-state index in [1.807, 2.05) is 0 Å². The molecule has 0 saturated heterocycles. The summed E-state index contributed by atoms with van der Waals surface area (Å²) in [5.41, 5.74) is -0.873. The van der Waals surface area contributed by atoms with Crippen molar-refractivity contribution in [1.29, 1.82) is 0 Å². The van der Waals surface area contributed by atoms with E-state index in [2.05, 4.69) is 5.09 Å². The number of benzene rings is 1. The van der Waals surface area contributed by atoms with E-state index in [0.29, 0.717) is 0 Å². The summed E-state index contributed by atoms with van der Waals surface area (Å²) in [7, 11) is -3.69. The first-order valence-corrected chi connectivity index (χ1v) is 7.60. The van der Waals surface area contributed by atoms with Gasteiger partial charge in [0.25, 0.3) is 0 Å². The molecule has 0 bridgehead atoms. The molecule has 0 aromatic heterocycles. The van der Waals surface area contributed by atoms with Crippen molar-refractivity contribution in [2.75, 3.05) is 6.61 Å². The topological polar surface area (TPSA) is 47.6 Å². The SMILES string of the molecule is CCOP(=O)(NC(C)C)Oc1cccc(C(F)(F)F)c1. The molecule has 0 saturated carbocycles. The molecule has 0 heterocycles. The minimum Gasteiger partial charge on any atom is -0.413 e. The van der Waals surface area contributed by atoms with Crippen molar-refractivity contribution in [3.05, 3.63) is 29.8 Å². The molecule has 0 aliphatic carbocycles. The van der Waals surface area contributed by atoms with Crippen LogP contribution in [0, 0.1) is 0 Å². The van der Waals surface area contributed by atoms with Crippen molar-refractivity contribution in [2.45, 2.75) is 33.0 Å². The van der Waals surface area contributed by atoms with Crippen molar-refractivity contribution >= 4 is 7.75 Å². The Morgan fingerprint density at radius 2 is 2.00 bits per heavy atom. The van der Waals surface area contributed by atoms with Gasteiger partial charge in [-0.3, -0.25) is 4.52 Å². The van der Waals surface area contributed by atoms with E-state index in [1.54, 1.807) is 20.8 Å². The first kappa shape index (κ1) is 17.0. The maximum absolute atomic E-state index is 12.6. The molecule has 0 radical (unpaired) electrons. The number of rotatable bonds is 6. The molecule has 20 heavy (non-hydrogen) atoms. The summed E-state index contributed by atoms with van der Waals surface area (Å²) in [6.07, 6.45) is -4.49. The van der Waals surface area contributed by atoms with E-state index in [9.17, 15) is 17.7 Å². The van der Waals surface area contributed by atoms with Gasteiger partial charge in [-0.2, -0.15) is 13.2 Å². The normalized spacial score (nSPS) is 15.2. The second-order valence-electron chi connectivity index (χ2n) is 4.32. The smallest absolute Gasteiger partial charge is 0.413 e. The Hall–Kier alpha value is -1.04. The summed E-state index contributed by atoms with van der Waals surface area (Å²) < 4.78 is 60.2. The fourth-order valence-corrected chi connectivity index (χ4v) is 2.99. The Morgan fingerprint density at radius 3 is 2.50 bits per heavy atom. The van der Waals surface area contributed by atoms with Gasteiger partial charge in [-0.1, -0.05) is 6.07 Å². The molecule has 0 aliphatic rings. The predicted molar refractivity (Wildman–Crippen MR) is 69.6 cm³/mol. The average molecular weight is 311 g/mol. The summed E-state index contributed by atoms with van der Waals surface area (Å²) in [5.74, 6) is -0.162. The molecule has 1 unspecified atom stereocenters. The monoisotopic (exact) mass is 311 g/mol. The highest BCUT2D eigenvalue weighted by Gasteiger charge is 2.32. The molecular formula is C12H17F3NO3P. The first-order valence-electron chi connectivity index (χ1n) is 6.05. The Labute approximate surface area is 115 Å². The summed E-state index contributed by atoms with van der Waals surface area (Å²) in [4.78, 5) is 0. The highest BCUT2D eigenvalue weighted by Crippen LogP contribution is 2.45. The van der Waals surface area contributed by atoms with Crippen molar-refractivity contribution in [3.8, 4) is 5.75 Å². The molecule has 1 aromatic rings. The van der Waals surface area contributed by atoms with Crippen LogP contribution >= 0.6 is 7.75 Å². The molecule has 4 nitrogen and oxygen atoms in total. The molecular weight excluding hydrogens is 294 g/mol. The third kappa shape index (κ3) is 5.15. The fraction of sp³-hybridized carbons (Fsp3) is 0.500. The number of alkyl halides is 3. The van der Waals surface area contributed by atoms with Crippen molar-refractivity contribution in [2.24, 2.45) is 0 Å². The maximum Gasteiger partial charge on any atom is 0.458 e. The summed E-state index contributed by atoms with van der Waals surface area (Å²) in [6, 6.07) is 3.97. The van der Waals surface area contributed by atoms with Crippen LogP contribution in [-0.4, -0.2) is 12.6 Å². The van der Waals surface area contributed by atoms with Gasteiger partial charge in [0, 0.05) is 6.04 Å². The van der Waals surface area contributed by atoms with Gasteiger partial charge < -0.3 is 4.52 Å². The molecule has 1 aromatic carbocycles. The van der Waals surface area contributed by atoms with E-state index in [1.165, 1.54) is 12.1 Å². The lowest BCUT2D eigenvalue weighted by molar-refractivity contribution is -0.137. The van der Waals surface area contributed by atoms with Crippen molar-refractivity contribution < 1.29 is 26.8 Å². The second kappa shape index (κ2) is 6.61. The minimum absolute atomic E-state index is 0.107. The zero-order valence-corrected chi connectivity index (χ0v) is 12.3. The maximum atomic E-state index is 12.6. The van der Waals surface area contributed by atoms with Gasteiger partial charge in [-0.25, -0.2) is 9.65 Å². The molecule has 1 rings (SSSR count). The second-order valence-corrected chi connectivity index (χ2v) is 6.01. The van der Waals surface area contributed by atoms with Crippen LogP contribution in [0.4, 0.5) is 13.2 Å². The Kier molecular flexibility index (Phi) is 5.62. The van der Waals surface area contributed by atoms with Crippen molar-refractivity contribution in [3.63, 3.8) is 0 Å². The van der Waals surface area contributed by atoms with Crippen LogP contribution in [0.15, 0.2) is 24.3 Å². The van der Waals surface area contributed by atoms with Crippen LogP contribution in [0.5, 0.6) is 5.75 Å². The molecule has 0 amide bonds. The summed E-state index contributed by atoms with van der Waals surface area (Å²) in [5, 5.41) is 2.59. The van der Waals surface area contributed by atoms with Gasteiger partial charge in [0.15, 0.2) is 0 Å². The number of halogens is 3. The van der Waals surface area contributed by atoms with Gasteiger partial charge >= 0.3 is 13.9 Å². The summed E-state index contributed by atoms with van der Waals surface area (Å²) in [6.45, 7) is 5.17. The van der Waals surface area contributed by atoms with Crippen LogP contribution in [0.2, 0.25) is 0 Å². The Morgan fingerprint density at radius 1 is 1.35 bits per heavy atom. The van der Waals surface area contributed by atoms with Gasteiger partial charge in [0.1, 0.15) is 5.75 Å². The van der Waals surface area contributed by atoms with Crippen molar-refractivity contribution in [1.82, 2.24) is 5.09 Å². The van der Waals surface area contributed by atoms with Gasteiger partial charge in [0.2, 0.25) is 0 Å². The number of hydrogen-bond donors (Lipinski definition) is 1. The minimum atomic E-state index is -4.49. The lowest BCUT2D eigenvalue weighted by Gasteiger charge is -2.21. The van der Waals surface area contributed by atoms with Crippen LogP contribution in [0.3, 0.4) is 0 Å². The molecule has 8 heteroatoms. The van der Waals surface area contributed by atoms with Crippen LogP contribution in [0.25, 0.3) is 0 Å². The molecule has 0 spiro atoms. The van der Waals surface area contributed by atoms with E-state index in [-0.39, 0.29) is 18.4 Å². The average Bonchev–Trinajstić information content (AvgIpc) is 2.26. The standard InChI is InChI=1S/C12H17F3NO3P/c1-4-18-20(17,16-9(2)3)19-11-7-5-6-10(8-11)12(13,14)15/h5-9H,4H2,1-3H3,(H,16,17). The quantitative estimate of drug-likeness (QED) is 0.799. The van der Waals surface area contributed by atoms with Crippen LogP contribution in [-0.2, 0) is 15.3 Å². The predicted octanol–water partition coefficient (Wildman–Crippen LogP) is 4.23. The fourth-order valence-electron chi connectivity index (χ4n) is 1.44. The van der Waals surface area contributed by atoms with E-state index >= 15 is 0 Å². The Bertz CT molecular complexity index is 491. The van der Waals surface area contributed by atoms with Crippen LogP contribution < -0.4 is 9.61 Å². The molecule has 0 aliphatic heterocycles. The third-order valence-corrected chi connectivity index (χ3v) is 3.98. The van der Waals surface area contributed by atoms with E-state index in [0.717, 1.165) is 12.1 Å². The highest BCUT2D eigenvalue weighted by molar-refractivity contribution is 7.52. The van der Waals surface area contributed by atoms with E-state index in [4.69, 9.17) is 9.05 Å².